The van der Waals surface area contributed by atoms with Crippen molar-refractivity contribution in [2.45, 2.75) is 0 Å². The van der Waals surface area contributed by atoms with Gasteiger partial charge in [0.15, 0.2) is 17.4 Å². The van der Waals surface area contributed by atoms with Crippen molar-refractivity contribution >= 4 is 28.6 Å². The number of nitrogens with zero attached hydrogens (tertiary/aromatic N) is 2. The molecule has 0 saturated carbocycles. The van der Waals surface area contributed by atoms with Crippen LogP contribution in [-0.2, 0) is 4.74 Å². The van der Waals surface area contributed by atoms with E-state index in [-0.39, 0.29) is 5.56 Å². The van der Waals surface area contributed by atoms with Crippen LogP contribution in [0, 0.1) is 11.6 Å². The lowest BCUT2D eigenvalue weighted by atomic mass is 10.1. The molecule has 142 valence electrons. The topological polar surface area (TPSA) is 42.4 Å². The van der Waals surface area contributed by atoms with Crippen molar-refractivity contribution in [3.05, 3.63) is 77.4 Å². The van der Waals surface area contributed by atoms with E-state index in [9.17, 15) is 13.6 Å². The number of benzene rings is 2. The van der Waals surface area contributed by atoms with Crippen LogP contribution in [0.1, 0.15) is 15.9 Å². The summed E-state index contributed by atoms with van der Waals surface area (Å²) in [5.41, 5.74) is 1.75. The van der Waals surface area contributed by atoms with Crippen LogP contribution >= 0.6 is 0 Å². The number of para-hydroxylation sites is 1. The zero-order chi connectivity index (χ0) is 19.5. The molecule has 0 radical (unpaired) electrons. The van der Waals surface area contributed by atoms with Crippen molar-refractivity contribution in [3.8, 4) is 0 Å². The normalized spacial score (nSPS) is 14.7. The highest BCUT2D eigenvalue weighted by Crippen LogP contribution is 2.26. The number of carbonyl (C=O) groups is 1. The van der Waals surface area contributed by atoms with E-state index >= 15 is 0 Å². The summed E-state index contributed by atoms with van der Waals surface area (Å²) >= 11 is 0. The fourth-order valence-electron chi connectivity index (χ4n) is 3.18. The number of hydrogen-bond acceptors (Lipinski definition) is 4. The number of hydrogen-bond donors (Lipinski definition) is 0. The molecule has 0 N–H and O–H groups in total. The summed E-state index contributed by atoms with van der Waals surface area (Å²) in [6.07, 6.45) is 3.04. The second-order valence-corrected chi connectivity index (χ2v) is 6.52. The summed E-state index contributed by atoms with van der Waals surface area (Å²) in [7, 11) is 0. The third kappa shape index (κ3) is 3.77. The number of carbonyl (C=O) groups excluding carboxylic acids is 1. The first-order chi connectivity index (χ1) is 13.6. The Kier molecular flexibility index (Phi) is 5.12. The van der Waals surface area contributed by atoms with Gasteiger partial charge < -0.3 is 9.64 Å². The van der Waals surface area contributed by atoms with E-state index in [1.54, 1.807) is 6.08 Å². The number of anilines is 1. The van der Waals surface area contributed by atoms with Gasteiger partial charge in [-0.3, -0.25) is 4.79 Å². The smallest absolute Gasteiger partial charge is 0.185 e. The van der Waals surface area contributed by atoms with Gasteiger partial charge in [0.2, 0.25) is 0 Å². The van der Waals surface area contributed by atoms with Gasteiger partial charge in [-0.05, 0) is 42.5 Å². The van der Waals surface area contributed by atoms with Gasteiger partial charge in [-0.25, -0.2) is 13.8 Å². The number of pyridine rings is 1. The van der Waals surface area contributed by atoms with Crippen molar-refractivity contribution in [3.63, 3.8) is 0 Å². The predicted octanol–water partition coefficient (Wildman–Crippen LogP) is 4.25. The molecule has 0 amide bonds. The molecule has 0 spiro atoms. The van der Waals surface area contributed by atoms with Gasteiger partial charge in [0.1, 0.15) is 5.82 Å². The number of halogens is 2. The minimum atomic E-state index is -1.04. The quantitative estimate of drug-likeness (QED) is 0.501. The molecule has 0 bridgehead atoms. The molecular weight excluding hydrogens is 362 g/mol. The molecule has 2 aromatic carbocycles. The standard InChI is InChI=1S/C22H18F2N2O2/c23-18-7-5-16(14-19(18)24)21(27)8-6-17-13-15-3-1-2-4-20(15)25-22(17)26-9-11-28-12-10-26/h1-8,13-14H,9-12H2/b8-6+. The molecule has 1 aromatic heterocycles. The van der Waals surface area contributed by atoms with Gasteiger partial charge in [-0.1, -0.05) is 18.2 Å². The van der Waals surface area contributed by atoms with Crippen molar-refractivity contribution in [2.75, 3.05) is 31.2 Å². The maximum atomic E-state index is 13.4. The SMILES string of the molecule is O=C(/C=C/c1cc2ccccc2nc1N1CCOCC1)c1ccc(F)c(F)c1. The van der Waals surface area contributed by atoms with Crippen LogP contribution in [0.15, 0.2) is 54.6 Å². The van der Waals surface area contributed by atoms with Gasteiger partial charge in [0, 0.05) is 29.6 Å². The van der Waals surface area contributed by atoms with Gasteiger partial charge in [-0.15, -0.1) is 0 Å². The van der Waals surface area contributed by atoms with Gasteiger partial charge in [0.25, 0.3) is 0 Å². The zero-order valence-electron chi connectivity index (χ0n) is 15.1. The van der Waals surface area contributed by atoms with E-state index in [1.165, 1.54) is 12.1 Å². The third-order valence-corrected chi connectivity index (χ3v) is 4.66. The lowest BCUT2D eigenvalue weighted by Crippen LogP contribution is -2.37. The molecule has 0 unspecified atom stereocenters. The second kappa shape index (κ2) is 7.86. The molecule has 4 rings (SSSR count). The average molecular weight is 380 g/mol. The summed E-state index contributed by atoms with van der Waals surface area (Å²) in [6.45, 7) is 2.66. The molecule has 0 aliphatic carbocycles. The Morgan fingerprint density at radius 2 is 1.82 bits per heavy atom. The number of rotatable bonds is 4. The van der Waals surface area contributed by atoms with Crippen molar-refractivity contribution < 1.29 is 18.3 Å². The molecule has 28 heavy (non-hydrogen) atoms. The van der Waals surface area contributed by atoms with Crippen LogP contribution in [0.4, 0.5) is 14.6 Å². The Balaban J connectivity index is 1.70. The molecule has 1 saturated heterocycles. The lowest BCUT2D eigenvalue weighted by molar-refractivity contribution is 0.104. The fraction of sp³-hybridized carbons (Fsp3) is 0.182. The molecule has 2 heterocycles. The van der Waals surface area contributed by atoms with E-state index in [2.05, 4.69) is 4.90 Å². The zero-order valence-corrected chi connectivity index (χ0v) is 15.1. The first kappa shape index (κ1) is 18.3. The number of ether oxygens (including phenoxy) is 1. The molecule has 3 aromatic rings. The van der Waals surface area contributed by atoms with Gasteiger partial charge in [-0.2, -0.15) is 0 Å². The Bertz CT molecular complexity index is 1060. The van der Waals surface area contributed by atoms with Gasteiger partial charge in [0.05, 0.1) is 18.7 Å². The number of fused-ring (bicyclic) bond motifs is 1. The highest BCUT2D eigenvalue weighted by atomic mass is 19.2. The summed E-state index contributed by atoms with van der Waals surface area (Å²) < 4.78 is 31.9. The molecule has 6 heteroatoms. The molecule has 4 nitrogen and oxygen atoms in total. The van der Waals surface area contributed by atoms with Crippen LogP contribution in [-0.4, -0.2) is 37.1 Å². The summed E-state index contributed by atoms with van der Waals surface area (Å²) in [5, 5.41) is 0.958. The highest BCUT2D eigenvalue weighted by molar-refractivity contribution is 6.07. The molecule has 1 aliphatic heterocycles. The minimum absolute atomic E-state index is 0.0943. The Hall–Kier alpha value is -3.12. The number of ketones is 1. The van der Waals surface area contributed by atoms with Crippen molar-refractivity contribution in [1.82, 2.24) is 4.98 Å². The molecule has 1 aliphatic rings. The van der Waals surface area contributed by atoms with Crippen LogP contribution in [0.2, 0.25) is 0 Å². The Morgan fingerprint density at radius 1 is 1.04 bits per heavy atom. The van der Waals surface area contributed by atoms with E-state index < -0.39 is 17.4 Å². The Morgan fingerprint density at radius 3 is 2.61 bits per heavy atom. The van der Waals surface area contributed by atoms with Crippen molar-refractivity contribution in [2.24, 2.45) is 0 Å². The van der Waals surface area contributed by atoms with Gasteiger partial charge >= 0.3 is 0 Å². The molecule has 0 atom stereocenters. The van der Waals surface area contributed by atoms with Crippen LogP contribution in [0.3, 0.4) is 0 Å². The fourth-order valence-corrected chi connectivity index (χ4v) is 3.18. The van der Waals surface area contributed by atoms with Crippen LogP contribution in [0.5, 0.6) is 0 Å². The lowest BCUT2D eigenvalue weighted by Gasteiger charge is -2.29. The maximum Gasteiger partial charge on any atom is 0.185 e. The number of aromatic nitrogens is 1. The summed E-state index contributed by atoms with van der Waals surface area (Å²) in [6, 6.07) is 12.9. The minimum Gasteiger partial charge on any atom is -0.378 e. The van der Waals surface area contributed by atoms with E-state index in [0.717, 1.165) is 34.4 Å². The van der Waals surface area contributed by atoms with Crippen molar-refractivity contribution in [1.29, 1.82) is 0 Å². The summed E-state index contributed by atoms with van der Waals surface area (Å²) in [5.74, 6) is -1.65. The molecule has 1 fully saturated rings. The average Bonchev–Trinajstić information content (AvgIpc) is 2.74. The second-order valence-electron chi connectivity index (χ2n) is 6.52. The largest absolute Gasteiger partial charge is 0.378 e. The van der Waals surface area contributed by atoms with E-state index in [0.29, 0.717) is 26.3 Å². The molecular formula is C22H18F2N2O2. The first-order valence-electron chi connectivity index (χ1n) is 9.02. The van der Waals surface area contributed by atoms with Crippen LogP contribution < -0.4 is 4.90 Å². The number of morpholine rings is 1. The monoisotopic (exact) mass is 380 g/mol. The first-order valence-corrected chi connectivity index (χ1v) is 9.02. The van der Waals surface area contributed by atoms with Crippen LogP contribution in [0.25, 0.3) is 17.0 Å². The van der Waals surface area contributed by atoms with E-state index in [4.69, 9.17) is 9.72 Å². The maximum absolute atomic E-state index is 13.4. The summed E-state index contributed by atoms with van der Waals surface area (Å²) in [4.78, 5) is 19.3. The van der Waals surface area contributed by atoms with E-state index in [1.807, 2.05) is 30.3 Å². The predicted molar refractivity (Wildman–Crippen MR) is 104 cm³/mol. The Labute approximate surface area is 161 Å². The number of allylic oxidation sites excluding steroid dienone is 1. The highest BCUT2D eigenvalue weighted by Gasteiger charge is 2.16. The third-order valence-electron chi connectivity index (χ3n) is 4.66.